The molecule has 7 heteroatoms. The average molecular weight is 191 g/mol. The van der Waals surface area contributed by atoms with Crippen LogP contribution in [-0.2, 0) is 19.6 Å². The van der Waals surface area contributed by atoms with E-state index in [1.165, 1.54) is 0 Å². The molecule has 0 rings (SSSR count). The van der Waals surface area contributed by atoms with Crippen LogP contribution in [0.25, 0.3) is 0 Å². The molecule has 1 N–H and O–H groups in total. The Morgan fingerprint density at radius 3 is 2.27 bits per heavy atom. The summed E-state index contributed by atoms with van der Waals surface area (Å²) in [5.74, 6) is -1.12. The van der Waals surface area contributed by atoms with Crippen molar-refractivity contribution in [2.75, 3.05) is 12.4 Å². The normalized spacial score (nSPS) is 10.0. The van der Waals surface area contributed by atoms with Gasteiger partial charge in [-0.2, -0.15) is 8.42 Å². The molecule has 0 saturated heterocycles. The van der Waals surface area contributed by atoms with E-state index in [4.69, 9.17) is 4.55 Å². The van der Waals surface area contributed by atoms with Gasteiger partial charge < -0.3 is 4.74 Å². The van der Waals surface area contributed by atoms with Gasteiger partial charge in [-0.05, 0) is 0 Å². The molecule has 1 radical (unpaired) electrons. The Hall–Kier alpha value is 0.380. The maximum atomic E-state index is 10.0. The van der Waals surface area contributed by atoms with Crippen LogP contribution in [-0.4, -0.2) is 60.9 Å². The van der Waals surface area contributed by atoms with Crippen molar-refractivity contribution in [3.63, 3.8) is 0 Å². The molecule has 0 bridgehead atoms. The summed E-state index contributed by atoms with van der Waals surface area (Å²) < 4.78 is 32.3. The molecule has 0 aliphatic rings. The van der Waals surface area contributed by atoms with Crippen molar-refractivity contribution in [1.29, 1.82) is 0 Å². The van der Waals surface area contributed by atoms with Gasteiger partial charge in [0, 0.05) is 36.5 Å². The summed E-state index contributed by atoms with van der Waals surface area (Å²) in [6, 6.07) is 0. The molecule has 0 spiro atoms. The Bertz CT molecular complexity index is 209. The monoisotopic (exact) mass is 191 g/mol. The second-order valence-electron chi connectivity index (χ2n) is 1.63. The van der Waals surface area contributed by atoms with E-state index in [9.17, 15) is 13.2 Å². The maximum Gasteiger partial charge on any atom is 0.302 e. The largest absolute Gasteiger partial charge is 0.465 e. The summed E-state index contributed by atoms with van der Waals surface area (Å²) in [5.41, 5.74) is 0. The number of esters is 1. The summed E-state index contributed by atoms with van der Waals surface area (Å²) in [6.45, 7) is 0.859. The van der Waals surface area contributed by atoms with Gasteiger partial charge in [0.15, 0.2) is 0 Å². The first-order chi connectivity index (χ1) is 4.42. The number of hydrogen-bond acceptors (Lipinski definition) is 4. The van der Waals surface area contributed by atoms with Gasteiger partial charge in [-0.25, -0.2) is 0 Å². The summed E-state index contributed by atoms with van der Waals surface area (Å²) in [5, 5.41) is 0. The zero-order valence-corrected chi connectivity index (χ0v) is 9.22. The van der Waals surface area contributed by atoms with Gasteiger partial charge in [-0.3, -0.25) is 9.35 Å². The van der Waals surface area contributed by atoms with Crippen molar-refractivity contribution in [3.8, 4) is 0 Å². The molecule has 0 amide bonds. The molecule has 0 aromatic heterocycles. The molecule has 0 aromatic carbocycles. The van der Waals surface area contributed by atoms with Gasteiger partial charge in [0.05, 0.1) is 0 Å². The van der Waals surface area contributed by atoms with E-state index in [1.54, 1.807) is 0 Å². The molecule has 0 aliphatic heterocycles. The SMILES string of the molecule is CC(=O)OCCS(=O)(=O)O.[Na]. The minimum absolute atomic E-state index is 0. The van der Waals surface area contributed by atoms with Crippen molar-refractivity contribution < 1.29 is 22.5 Å². The van der Waals surface area contributed by atoms with Crippen LogP contribution < -0.4 is 0 Å². The quantitative estimate of drug-likeness (QED) is 0.353. The molecule has 0 atom stereocenters. The fourth-order valence-electron chi connectivity index (χ4n) is 0.291. The van der Waals surface area contributed by atoms with E-state index in [-0.39, 0.29) is 36.2 Å². The third-order valence-corrected chi connectivity index (χ3v) is 1.33. The third-order valence-electron chi connectivity index (χ3n) is 0.647. The van der Waals surface area contributed by atoms with Crippen LogP contribution in [0.4, 0.5) is 0 Å². The van der Waals surface area contributed by atoms with Gasteiger partial charge >= 0.3 is 5.97 Å². The Balaban J connectivity index is 0. The number of carbonyl (C=O) groups excluding carboxylic acids is 1. The van der Waals surface area contributed by atoms with Crippen molar-refractivity contribution in [1.82, 2.24) is 0 Å². The average Bonchev–Trinajstić information content (AvgIpc) is 1.59. The molecule has 0 unspecified atom stereocenters. The van der Waals surface area contributed by atoms with Gasteiger partial charge in [-0.15, -0.1) is 0 Å². The standard InChI is InChI=1S/C4H8O5S.Na/c1-4(5)9-2-3-10(6,7)8;/h2-3H2,1H3,(H,6,7,8);. The van der Waals surface area contributed by atoms with E-state index in [2.05, 4.69) is 4.74 Å². The Morgan fingerprint density at radius 1 is 1.55 bits per heavy atom. The van der Waals surface area contributed by atoms with Crippen LogP contribution >= 0.6 is 0 Å². The molecular weight excluding hydrogens is 183 g/mol. The number of carbonyl (C=O) groups is 1. The summed E-state index contributed by atoms with van der Waals surface area (Å²) >= 11 is 0. The molecule has 5 nitrogen and oxygen atoms in total. The second-order valence-corrected chi connectivity index (χ2v) is 3.20. The van der Waals surface area contributed by atoms with Gasteiger partial charge in [0.2, 0.25) is 0 Å². The maximum absolute atomic E-state index is 10.0. The van der Waals surface area contributed by atoms with Gasteiger partial charge in [-0.1, -0.05) is 0 Å². The van der Waals surface area contributed by atoms with Crippen LogP contribution in [0.2, 0.25) is 0 Å². The van der Waals surface area contributed by atoms with Crippen molar-refractivity contribution >= 4 is 45.6 Å². The summed E-state index contributed by atoms with van der Waals surface area (Å²) in [6.07, 6.45) is 0. The van der Waals surface area contributed by atoms with Crippen LogP contribution in [0.1, 0.15) is 6.92 Å². The first kappa shape index (κ1) is 13.9. The molecule has 0 fully saturated rings. The molecule has 0 aliphatic carbocycles. The Morgan fingerprint density at radius 2 is 2.00 bits per heavy atom. The van der Waals surface area contributed by atoms with E-state index in [1.807, 2.05) is 0 Å². The predicted molar refractivity (Wildman–Crippen MR) is 38.8 cm³/mol. The molecule has 0 aromatic rings. The van der Waals surface area contributed by atoms with Crippen molar-refractivity contribution in [2.24, 2.45) is 0 Å². The zero-order chi connectivity index (χ0) is 8.20. The Kier molecular flexibility index (Phi) is 7.55. The fraction of sp³-hybridized carbons (Fsp3) is 0.750. The van der Waals surface area contributed by atoms with E-state index in [0.717, 1.165) is 6.92 Å². The van der Waals surface area contributed by atoms with E-state index in [0.29, 0.717) is 0 Å². The smallest absolute Gasteiger partial charge is 0.302 e. The van der Waals surface area contributed by atoms with E-state index >= 15 is 0 Å². The van der Waals surface area contributed by atoms with Gasteiger partial charge in [0.1, 0.15) is 12.4 Å². The molecular formula is C4H8NaO5S. The molecule has 0 heterocycles. The topological polar surface area (TPSA) is 80.7 Å². The summed E-state index contributed by atoms with van der Waals surface area (Å²) in [7, 11) is -4.00. The summed E-state index contributed by atoms with van der Waals surface area (Å²) in [4.78, 5) is 10.0. The minimum atomic E-state index is -4.00. The first-order valence-electron chi connectivity index (χ1n) is 2.50. The van der Waals surface area contributed by atoms with Crippen LogP contribution in [0, 0.1) is 0 Å². The van der Waals surface area contributed by atoms with E-state index < -0.39 is 21.8 Å². The molecule has 11 heavy (non-hydrogen) atoms. The van der Waals surface area contributed by atoms with Crippen molar-refractivity contribution in [3.05, 3.63) is 0 Å². The number of ether oxygens (including phenoxy) is 1. The number of hydrogen-bond donors (Lipinski definition) is 1. The fourth-order valence-corrected chi connectivity index (χ4v) is 0.585. The zero-order valence-electron chi connectivity index (χ0n) is 6.40. The number of rotatable bonds is 3. The van der Waals surface area contributed by atoms with Gasteiger partial charge in [0.25, 0.3) is 10.1 Å². The predicted octanol–water partition coefficient (Wildman–Crippen LogP) is -0.944. The van der Waals surface area contributed by atoms with Crippen LogP contribution in [0.5, 0.6) is 0 Å². The van der Waals surface area contributed by atoms with Crippen molar-refractivity contribution in [2.45, 2.75) is 6.92 Å². The van der Waals surface area contributed by atoms with Crippen LogP contribution in [0.3, 0.4) is 0 Å². The Labute approximate surface area is 87.2 Å². The third kappa shape index (κ3) is 13.4. The first-order valence-corrected chi connectivity index (χ1v) is 4.11. The molecule has 0 saturated carbocycles. The van der Waals surface area contributed by atoms with Crippen LogP contribution in [0.15, 0.2) is 0 Å². The molecule has 61 valence electrons. The minimum Gasteiger partial charge on any atom is -0.465 e. The second kappa shape index (κ2) is 5.96.